The molecule has 12 heavy (non-hydrogen) atoms. The minimum Gasteiger partial charge on any atom is -0.252 e. The smallest absolute Gasteiger partial charge is 0.0705 e. The summed E-state index contributed by atoms with van der Waals surface area (Å²) in [5.41, 5.74) is 1.81. The second kappa shape index (κ2) is 2.59. The molecule has 0 unspecified atom stereocenters. The molecule has 1 aromatic carbocycles. The Balaban J connectivity index is 2.84. The first-order valence-electron chi connectivity index (χ1n) is 3.68. The molecule has 2 aromatic rings. The fraction of sp³-hybridized carbons (Fsp3) is 0. The van der Waals surface area contributed by atoms with Crippen molar-refractivity contribution in [3.63, 3.8) is 0 Å². The molecule has 56 valence electrons. The predicted octanol–water partition coefficient (Wildman–Crippen LogP) is 2.35. The third kappa shape index (κ3) is 1.07. The summed E-state index contributed by atoms with van der Waals surface area (Å²) in [4.78, 5) is 4.13. The van der Waals surface area contributed by atoms with Gasteiger partial charge in [-0.15, -0.1) is 0 Å². The van der Waals surface area contributed by atoms with Crippen molar-refractivity contribution < 1.29 is 0 Å². The van der Waals surface area contributed by atoms with Crippen LogP contribution in [0.2, 0.25) is 0 Å². The number of nitrogens with zero attached hydrogens (tertiary/aromatic N) is 1. The molecule has 0 aliphatic carbocycles. The summed E-state index contributed by atoms with van der Waals surface area (Å²) in [5.74, 6) is 0. The molecule has 0 amide bonds. The molecule has 0 spiro atoms. The van der Waals surface area contributed by atoms with Crippen LogP contribution in [0.4, 0.5) is 0 Å². The lowest BCUT2D eigenvalue weighted by Gasteiger charge is -2.00. The minimum absolute atomic E-state index is 0.397. The van der Waals surface area contributed by atoms with Crippen molar-refractivity contribution in [2.45, 2.75) is 0 Å². The highest BCUT2D eigenvalue weighted by atomic mass is 14.7. The quantitative estimate of drug-likeness (QED) is 0.566. The van der Waals surface area contributed by atoms with Crippen molar-refractivity contribution in [2.75, 3.05) is 0 Å². The monoisotopic (exact) mass is 153 g/mol. The molecule has 0 saturated carbocycles. The molecule has 0 bridgehead atoms. The molecule has 0 fully saturated rings. The molecular formula is C11H7N. The zero-order chi connectivity index (χ0) is 8.55. The maximum absolute atomic E-state index is 5.60. The van der Waals surface area contributed by atoms with E-state index in [0.29, 0.717) is 11.3 Å². The van der Waals surface area contributed by atoms with E-state index in [0.717, 1.165) is 10.9 Å². The number of hydrogen-bond donors (Lipinski definition) is 0. The van der Waals surface area contributed by atoms with Crippen molar-refractivity contribution in [3.8, 4) is 0 Å². The lowest BCUT2D eigenvalue weighted by molar-refractivity contribution is 1.31. The van der Waals surface area contributed by atoms with E-state index in [-0.39, 0.29) is 0 Å². The number of aromatic nitrogens is 1. The van der Waals surface area contributed by atoms with Crippen LogP contribution >= 0.6 is 0 Å². The van der Waals surface area contributed by atoms with Crippen molar-refractivity contribution >= 4 is 10.9 Å². The van der Waals surface area contributed by atoms with Gasteiger partial charge in [0, 0.05) is 24.9 Å². The number of pyridine rings is 1. The third-order valence-electron chi connectivity index (χ3n) is 1.78. The molecule has 0 atom stereocenters. The van der Waals surface area contributed by atoms with Crippen LogP contribution < -0.4 is 0 Å². The van der Waals surface area contributed by atoms with Crippen LogP contribution in [0.5, 0.6) is 0 Å². The van der Waals surface area contributed by atoms with Gasteiger partial charge in [0.1, 0.15) is 0 Å². The van der Waals surface area contributed by atoms with E-state index in [1.807, 2.05) is 30.3 Å². The van der Waals surface area contributed by atoms with Gasteiger partial charge in [-0.2, -0.15) is 0 Å². The highest BCUT2D eigenvalue weighted by Gasteiger charge is 1.97. The summed E-state index contributed by atoms with van der Waals surface area (Å²) in [6.07, 6.45) is 0. The SMILES string of the molecule is [CH]c1cc2ccccc2nc1[CH]. The van der Waals surface area contributed by atoms with Gasteiger partial charge in [0.15, 0.2) is 0 Å². The Bertz CT molecular complexity index is 378. The van der Waals surface area contributed by atoms with Gasteiger partial charge in [-0.25, -0.2) is 0 Å². The van der Waals surface area contributed by atoms with E-state index in [2.05, 4.69) is 4.98 Å². The van der Waals surface area contributed by atoms with E-state index in [4.69, 9.17) is 13.8 Å². The Hall–Kier alpha value is -1.37. The first-order chi connectivity index (χ1) is 5.77. The number of fused-ring (bicyclic) bond motifs is 1. The predicted molar refractivity (Wildman–Crippen MR) is 48.5 cm³/mol. The van der Waals surface area contributed by atoms with Gasteiger partial charge >= 0.3 is 0 Å². The van der Waals surface area contributed by atoms with Gasteiger partial charge in [-0.1, -0.05) is 18.2 Å². The topological polar surface area (TPSA) is 12.9 Å². The Morgan fingerprint density at radius 1 is 1.08 bits per heavy atom. The Kier molecular flexibility index (Phi) is 1.58. The molecular weight excluding hydrogens is 146 g/mol. The summed E-state index contributed by atoms with van der Waals surface area (Å²) < 4.78 is 0. The number of para-hydroxylation sites is 1. The van der Waals surface area contributed by atoms with Crippen molar-refractivity contribution in [1.82, 2.24) is 4.98 Å². The van der Waals surface area contributed by atoms with Gasteiger partial charge in [-0.05, 0) is 17.7 Å². The first-order valence-corrected chi connectivity index (χ1v) is 3.68. The molecule has 1 heterocycles. The van der Waals surface area contributed by atoms with E-state index < -0.39 is 0 Å². The maximum Gasteiger partial charge on any atom is 0.0705 e. The van der Waals surface area contributed by atoms with Crippen LogP contribution in [-0.4, -0.2) is 4.98 Å². The maximum atomic E-state index is 5.60. The standard InChI is InChI=1S/C11H7N/c1-8-7-10-5-3-4-6-11(10)12-9(8)2/h1-7H. The molecule has 0 aliphatic rings. The van der Waals surface area contributed by atoms with Gasteiger partial charge in [0.2, 0.25) is 0 Å². The highest BCUT2D eigenvalue weighted by Crippen LogP contribution is 2.14. The number of hydrogen-bond acceptors (Lipinski definition) is 1. The first kappa shape index (κ1) is 7.29. The summed E-state index contributed by atoms with van der Waals surface area (Å²) in [6.45, 7) is 11.1. The van der Waals surface area contributed by atoms with Crippen molar-refractivity contribution in [2.24, 2.45) is 0 Å². The fourth-order valence-corrected chi connectivity index (χ4v) is 1.15. The zero-order valence-corrected chi connectivity index (χ0v) is 6.49. The number of rotatable bonds is 0. The van der Waals surface area contributed by atoms with Crippen molar-refractivity contribution in [1.29, 1.82) is 0 Å². The van der Waals surface area contributed by atoms with Crippen LogP contribution in [-0.2, 0) is 0 Å². The average Bonchev–Trinajstić information content (AvgIpc) is 2.07. The van der Waals surface area contributed by atoms with E-state index >= 15 is 0 Å². The van der Waals surface area contributed by atoms with Gasteiger partial charge in [0.05, 0.1) is 5.52 Å². The molecule has 0 aliphatic heterocycles. The summed E-state index contributed by atoms with van der Waals surface area (Å²) >= 11 is 0. The third-order valence-corrected chi connectivity index (χ3v) is 1.78. The van der Waals surface area contributed by atoms with Crippen LogP contribution in [0.1, 0.15) is 11.3 Å². The fourth-order valence-electron chi connectivity index (χ4n) is 1.15. The minimum atomic E-state index is 0.397. The summed E-state index contributed by atoms with van der Waals surface area (Å²) in [6, 6.07) is 9.56. The average molecular weight is 153 g/mol. The molecule has 2 rings (SSSR count). The van der Waals surface area contributed by atoms with Gasteiger partial charge < -0.3 is 0 Å². The second-order valence-corrected chi connectivity index (χ2v) is 2.66. The normalized spacial score (nSPS) is 10.5. The Morgan fingerprint density at radius 3 is 2.67 bits per heavy atom. The van der Waals surface area contributed by atoms with Gasteiger partial charge in [-0.3, -0.25) is 4.98 Å². The lowest BCUT2D eigenvalue weighted by atomic mass is 10.1. The Labute approximate surface area is 72.1 Å². The molecule has 1 heteroatoms. The van der Waals surface area contributed by atoms with E-state index in [1.54, 1.807) is 0 Å². The molecule has 1 nitrogen and oxygen atoms in total. The second-order valence-electron chi connectivity index (χ2n) is 2.66. The Morgan fingerprint density at radius 2 is 1.83 bits per heavy atom. The largest absolute Gasteiger partial charge is 0.252 e. The van der Waals surface area contributed by atoms with E-state index in [9.17, 15) is 0 Å². The zero-order valence-electron chi connectivity index (χ0n) is 6.49. The molecule has 0 saturated heterocycles. The molecule has 0 N–H and O–H groups in total. The van der Waals surface area contributed by atoms with E-state index in [1.165, 1.54) is 0 Å². The van der Waals surface area contributed by atoms with Crippen LogP contribution in [0, 0.1) is 13.8 Å². The van der Waals surface area contributed by atoms with Crippen LogP contribution in [0.25, 0.3) is 10.9 Å². The van der Waals surface area contributed by atoms with Gasteiger partial charge in [0.25, 0.3) is 0 Å². The van der Waals surface area contributed by atoms with Crippen molar-refractivity contribution in [3.05, 3.63) is 55.4 Å². The summed E-state index contributed by atoms with van der Waals surface area (Å²) in [7, 11) is 0. The lowest BCUT2D eigenvalue weighted by Crippen LogP contribution is -1.87. The molecule has 1 aromatic heterocycles. The number of benzene rings is 1. The summed E-state index contributed by atoms with van der Waals surface area (Å²) in [5, 5.41) is 1.02. The van der Waals surface area contributed by atoms with Crippen LogP contribution in [0.3, 0.4) is 0 Å². The molecule has 4 radical (unpaired) electrons. The van der Waals surface area contributed by atoms with Crippen LogP contribution in [0.15, 0.2) is 30.3 Å². The highest BCUT2D eigenvalue weighted by molar-refractivity contribution is 5.79.